The van der Waals surface area contributed by atoms with Gasteiger partial charge in [-0.25, -0.2) is 0 Å². The normalized spacial score (nSPS) is 23.7. The molecule has 202 valence electrons. The van der Waals surface area contributed by atoms with Crippen LogP contribution in [0.1, 0.15) is 43.7 Å². The van der Waals surface area contributed by atoms with E-state index < -0.39 is 23.5 Å². The molecule has 1 saturated carbocycles. The fraction of sp³-hybridized carbons (Fsp3) is 0.414. The van der Waals surface area contributed by atoms with Crippen LogP contribution in [0.3, 0.4) is 0 Å². The van der Waals surface area contributed by atoms with Crippen LogP contribution in [0, 0.1) is 0 Å². The number of hydrogen-bond donors (Lipinski definition) is 4. The van der Waals surface area contributed by atoms with E-state index in [-0.39, 0.29) is 24.8 Å². The second kappa shape index (κ2) is 12.9. The van der Waals surface area contributed by atoms with E-state index >= 15 is 0 Å². The molecule has 2 atom stereocenters. The summed E-state index contributed by atoms with van der Waals surface area (Å²) in [6.07, 6.45) is 7.22. The van der Waals surface area contributed by atoms with Gasteiger partial charge in [0.15, 0.2) is 0 Å². The summed E-state index contributed by atoms with van der Waals surface area (Å²) in [5, 5.41) is 12.5. The SMILES string of the molecule is C[C@H]1NC(=O)C2(CCCC2)NCCOc2ccccc2/C=C/CNC(=O)[C@H](Cc2cccc(Cl)c2)NC1=O. The van der Waals surface area contributed by atoms with Gasteiger partial charge in [0, 0.05) is 30.1 Å². The van der Waals surface area contributed by atoms with Crippen molar-refractivity contribution >= 4 is 35.4 Å². The summed E-state index contributed by atoms with van der Waals surface area (Å²) < 4.78 is 6.02. The first kappa shape index (κ1) is 27.7. The number of para-hydroxylation sites is 1. The number of fused-ring (bicyclic) bond motifs is 1. The molecule has 8 nitrogen and oxygen atoms in total. The molecule has 1 fully saturated rings. The molecule has 3 amide bonds. The highest BCUT2D eigenvalue weighted by molar-refractivity contribution is 6.30. The number of rotatable bonds is 2. The molecule has 0 bridgehead atoms. The summed E-state index contributed by atoms with van der Waals surface area (Å²) in [5.74, 6) is -0.246. The predicted molar refractivity (Wildman–Crippen MR) is 148 cm³/mol. The van der Waals surface area contributed by atoms with Crippen molar-refractivity contribution in [3.05, 3.63) is 70.8 Å². The second-order valence-corrected chi connectivity index (χ2v) is 10.3. The summed E-state index contributed by atoms with van der Waals surface area (Å²) in [4.78, 5) is 39.6. The number of halogens is 1. The summed E-state index contributed by atoms with van der Waals surface area (Å²) in [5.41, 5.74) is 0.946. The zero-order valence-electron chi connectivity index (χ0n) is 21.6. The maximum absolute atomic E-state index is 13.4. The van der Waals surface area contributed by atoms with Crippen molar-refractivity contribution in [1.82, 2.24) is 21.3 Å². The molecular weight excluding hydrogens is 504 g/mol. The number of carbonyl (C=O) groups is 3. The lowest BCUT2D eigenvalue weighted by atomic mass is 9.95. The van der Waals surface area contributed by atoms with E-state index in [4.69, 9.17) is 16.3 Å². The zero-order valence-corrected chi connectivity index (χ0v) is 22.4. The molecule has 0 aromatic heterocycles. The fourth-order valence-corrected chi connectivity index (χ4v) is 5.15. The van der Waals surface area contributed by atoms with Gasteiger partial charge in [-0.3, -0.25) is 19.7 Å². The molecule has 38 heavy (non-hydrogen) atoms. The number of amides is 3. The summed E-state index contributed by atoms with van der Waals surface area (Å²) in [6, 6.07) is 13.2. The average Bonchev–Trinajstić information content (AvgIpc) is 3.39. The van der Waals surface area contributed by atoms with E-state index in [9.17, 15) is 14.4 Å². The second-order valence-electron chi connectivity index (χ2n) is 9.84. The van der Waals surface area contributed by atoms with Gasteiger partial charge in [-0.2, -0.15) is 0 Å². The van der Waals surface area contributed by atoms with Crippen molar-refractivity contribution in [3.63, 3.8) is 0 Å². The van der Waals surface area contributed by atoms with Crippen molar-refractivity contribution < 1.29 is 19.1 Å². The van der Waals surface area contributed by atoms with Gasteiger partial charge in [-0.1, -0.05) is 66.9 Å². The minimum atomic E-state index is -0.846. The third kappa shape index (κ3) is 7.14. The van der Waals surface area contributed by atoms with Crippen LogP contribution in [-0.2, 0) is 20.8 Å². The Bertz CT molecular complexity index is 1180. The van der Waals surface area contributed by atoms with Gasteiger partial charge >= 0.3 is 0 Å². The molecule has 0 saturated heterocycles. The van der Waals surface area contributed by atoms with Gasteiger partial charge in [0.05, 0.1) is 5.54 Å². The molecule has 1 heterocycles. The van der Waals surface area contributed by atoms with Gasteiger partial charge in [-0.05, 0) is 43.5 Å². The first-order valence-electron chi connectivity index (χ1n) is 13.1. The zero-order chi connectivity index (χ0) is 27.0. The van der Waals surface area contributed by atoms with E-state index in [0.29, 0.717) is 31.0 Å². The Morgan fingerprint density at radius 2 is 1.79 bits per heavy atom. The molecule has 9 heteroatoms. The highest BCUT2D eigenvalue weighted by Crippen LogP contribution is 2.30. The van der Waals surface area contributed by atoms with E-state index in [1.807, 2.05) is 42.5 Å². The first-order chi connectivity index (χ1) is 18.4. The maximum Gasteiger partial charge on any atom is 0.243 e. The monoisotopic (exact) mass is 538 g/mol. The smallest absolute Gasteiger partial charge is 0.243 e. The van der Waals surface area contributed by atoms with Gasteiger partial charge < -0.3 is 20.7 Å². The summed E-state index contributed by atoms with van der Waals surface area (Å²) in [6.45, 7) is 2.78. The third-order valence-corrected chi connectivity index (χ3v) is 7.26. The van der Waals surface area contributed by atoms with E-state index in [0.717, 1.165) is 29.7 Å². The molecule has 4 rings (SSSR count). The van der Waals surface area contributed by atoms with Crippen LogP contribution in [0.2, 0.25) is 5.02 Å². The van der Waals surface area contributed by atoms with Crippen LogP contribution < -0.4 is 26.0 Å². The summed E-state index contributed by atoms with van der Waals surface area (Å²) >= 11 is 6.14. The van der Waals surface area contributed by atoms with E-state index in [1.165, 1.54) is 0 Å². The van der Waals surface area contributed by atoms with Crippen LogP contribution in [0.4, 0.5) is 0 Å². The van der Waals surface area contributed by atoms with Crippen LogP contribution in [0.25, 0.3) is 6.08 Å². The molecule has 2 aromatic rings. The molecule has 1 spiro atoms. The van der Waals surface area contributed by atoms with Crippen molar-refractivity contribution in [2.75, 3.05) is 19.7 Å². The number of ether oxygens (including phenoxy) is 1. The standard InChI is InChI=1S/C29H35ClN4O4/c1-20-26(35)34-24(19-21-8-6-11-23(30)18-21)27(36)31-15-7-10-22-9-2-3-12-25(22)38-17-16-32-29(28(37)33-20)13-4-5-14-29/h2-3,6-12,18,20,24,32H,4-5,13-17,19H2,1H3,(H,31,36)(H,33,37)(H,34,35)/b10-7+/t20-,24+/m1/s1. The van der Waals surface area contributed by atoms with Gasteiger partial charge in [0.2, 0.25) is 17.7 Å². The Kier molecular flexibility index (Phi) is 9.42. The third-order valence-electron chi connectivity index (χ3n) is 7.03. The molecule has 0 unspecified atom stereocenters. The fourth-order valence-electron chi connectivity index (χ4n) is 4.94. The molecule has 2 aromatic carbocycles. The number of nitrogens with one attached hydrogen (secondary N) is 4. The lowest BCUT2D eigenvalue weighted by molar-refractivity contribution is -0.134. The van der Waals surface area contributed by atoms with Crippen LogP contribution in [0.15, 0.2) is 54.6 Å². The number of carbonyl (C=O) groups excluding carboxylic acids is 3. The molecule has 4 N–H and O–H groups in total. The average molecular weight is 539 g/mol. The lowest BCUT2D eigenvalue weighted by Gasteiger charge is -2.31. The highest BCUT2D eigenvalue weighted by atomic mass is 35.5. The molecule has 1 aliphatic carbocycles. The van der Waals surface area contributed by atoms with Crippen molar-refractivity contribution in [1.29, 1.82) is 0 Å². The largest absolute Gasteiger partial charge is 0.492 e. The number of hydrogen-bond acceptors (Lipinski definition) is 5. The van der Waals surface area contributed by atoms with Gasteiger partial charge in [-0.15, -0.1) is 0 Å². The van der Waals surface area contributed by atoms with Crippen molar-refractivity contribution in [2.45, 2.75) is 56.7 Å². The van der Waals surface area contributed by atoms with Crippen molar-refractivity contribution in [2.24, 2.45) is 0 Å². The Morgan fingerprint density at radius 1 is 1.00 bits per heavy atom. The van der Waals surface area contributed by atoms with Crippen LogP contribution in [0.5, 0.6) is 5.75 Å². The van der Waals surface area contributed by atoms with Crippen LogP contribution in [-0.4, -0.2) is 55.0 Å². The van der Waals surface area contributed by atoms with Gasteiger partial charge in [0.25, 0.3) is 0 Å². The minimum Gasteiger partial charge on any atom is -0.492 e. The molecular formula is C29H35ClN4O4. The highest BCUT2D eigenvalue weighted by Gasteiger charge is 2.41. The Balaban J connectivity index is 1.58. The predicted octanol–water partition coefficient (Wildman–Crippen LogP) is 3.00. The van der Waals surface area contributed by atoms with Crippen molar-refractivity contribution in [3.8, 4) is 5.75 Å². The molecule has 1 aliphatic heterocycles. The topological polar surface area (TPSA) is 109 Å². The summed E-state index contributed by atoms with van der Waals surface area (Å²) in [7, 11) is 0. The van der Waals surface area contributed by atoms with E-state index in [2.05, 4.69) is 21.3 Å². The lowest BCUT2D eigenvalue weighted by Crippen LogP contribution is -2.60. The minimum absolute atomic E-state index is 0.210. The van der Waals surface area contributed by atoms with Crippen LogP contribution >= 0.6 is 11.6 Å². The Labute approximate surface area is 228 Å². The quantitative estimate of drug-likeness (QED) is 0.470. The molecule has 2 aliphatic rings. The Morgan fingerprint density at radius 3 is 2.58 bits per heavy atom. The number of benzene rings is 2. The Hall–Kier alpha value is -3.36. The van der Waals surface area contributed by atoms with E-state index in [1.54, 1.807) is 25.1 Å². The first-order valence-corrected chi connectivity index (χ1v) is 13.5. The van der Waals surface area contributed by atoms with Gasteiger partial charge in [0.1, 0.15) is 24.4 Å². The maximum atomic E-state index is 13.4. The molecule has 0 radical (unpaired) electrons.